The summed E-state index contributed by atoms with van der Waals surface area (Å²) in [7, 11) is 1.55. The number of hydrogen-bond acceptors (Lipinski definition) is 3. The van der Waals surface area contributed by atoms with Crippen molar-refractivity contribution in [3.05, 3.63) is 23.8 Å². The molecule has 3 nitrogen and oxygen atoms in total. The van der Waals surface area contributed by atoms with E-state index in [4.69, 9.17) is 9.47 Å². The summed E-state index contributed by atoms with van der Waals surface area (Å²) >= 11 is 0. The van der Waals surface area contributed by atoms with Crippen LogP contribution in [0.3, 0.4) is 0 Å². The van der Waals surface area contributed by atoms with Crippen LogP contribution in [0.2, 0.25) is 0 Å². The lowest BCUT2D eigenvalue weighted by molar-refractivity contribution is -0.139. The zero-order valence-electron chi connectivity index (χ0n) is 13.3. The number of alkyl halides is 3. The van der Waals surface area contributed by atoms with Crippen LogP contribution in [-0.2, 0) is 4.74 Å². The summed E-state index contributed by atoms with van der Waals surface area (Å²) < 4.78 is 48.5. The molecule has 0 spiro atoms. The number of aryl methyl sites for hydroxylation is 1. The van der Waals surface area contributed by atoms with Crippen molar-refractivity contribution in [1.82, 2.24) is 0 Å². The maximum absolute atomic E-state index is 12.7. The Kier molecular flexibility index (Phi) is 7.51. The van der Waals surface area contributed by atoms with Crippen LogP contribution in [0.15, 0.2) is 18.2 Å². The maximum Gasteiger partial charge on any atom is 0.391 e. The van der Waals surface area contributed by atoms with Crippen molar-refractivity contribution >= 4 is 5.69 Å². The molecular weight excluding hydrogens is 295 g/mol. The number of unbranched alkanes of at least 4 members (excludes halogenated alkanes) is 1. The first-order valence-electron chi connectivity index (χ1n) is 7.41. The van der Waals surface area contributed by atoms with Crippen molar-refractivity contribution in [3.8, 4) is 5.75 Å². The fourth-order valence-corrected chi connectivity index (χ4v) is 2.05. The normalized spacial score (nSPS) is 13.0. The van der Waals surface area contributed by atoms with Crippen molar-refractivity contribution in [2.75, 3.05) is 25.6 Å². The zero-order chi connectivity index (χ0) is 16.6. The third-order valence-corrected chi connectivity index (χ3v) is 3.23. The molecule has 0 bridgehead atoms. The van der Waals surface area contributed by atoms with E-state index in [9.17, 15) is 13.2 Å². The van der Waals surface area contributed by atoms with E-state index in [1.54, 1.807) is 25.3 Å². The van der Waals surface area contributed by atoms with E-state index in [0.29, 0.717) is 18.0 Å². The Morgan fingerprint density at radius 2 is 2.00 bits per heavy atom. The second-order valence-corrected chi connectivity index (χ2v) is 5.27. The van der Waals surface area contributed by atoms with Gasteiger partial charge in [0.1, 0.15) is 5.75 Å². The average molecular weight is 319 g/mol. The minimum Gasteiger partial charge on any atom is -0.497 e. The van der Waals surface area contributed by atoms with Gasteiger partial charge >= 0.3 is 6.18 Å². The Labute approximate surface area is 129 Å². The first-order chi connectivity index (χ1) is 10.4. The molecule has 0 radical (unpaired) electrons. The van der Waals surface area contributed by atoms with E-state index in [-0.39, 0.29) is 6.61 Å². The Balaban J connectivity index is 2.70. The largest absolute Gasteiger partial charge is 0.497 e. The zero-order valence-corrected chi connectivity index (χ0v) is 13.3. The molecular formula is C16H24F3NO2. The lowest BCUT2D eigenvalue weighted by atomic mass is 10.1. The Hall–Kier alpha value is -1.43. The molecule has 0 saturated heterocycles. The quantitative estimate of drug-likeness (QED) is 0.677. The molecule has 22 heavy (non-hydrogen) atoms. The predicted octanol–water partition coefficient (Wildman–Crippen LogP) is 4.55. The molecule has 0 aliphatic heterocycles. The molecule has 1 aromatic carbocycles. The second-order valence-electron chi connectivity index (χ2n) is 5.27. The Morgan fingerprint density at radius 3 is 2.55 bits per heavy atom. The number of nitrogens with one attached hydrogen (secondary N) is 1. The molecule has 0 heterocycles. The lowest BCUT2D eigenvalue weighted by Gasteiger charge is -2.22. The average Bonchev–Trinajstić information content (AvgIpc) is 2.44. The lowest BCUT2D eigenvalue weighted by Crippen LogP contribution is -2.31. The number of ether oxygens (including phenoxy) is 2. The third-order valence-electron chi connectivity index (χ3n) is 3.23. The van der Waals surface area contributed by atoms with Crippen LogP contribution in [-0.4, -0.2) is 32.5 Å². The molecule has 1 atom stereocenters. The van der Waals surface area contributed by atoms with Gasteiger partial charge in [-0.15, -0.1) is 0 Å². The SMILES string of the molecule is CCCCOCC(CC(F)(F)F)Nc1ccc(OC)cc1C. The third kappa shape index (κ3) is 7.02. The fraction of sp³-hybridized carbons (Fsp3) is 0.625. The van der Waals surface area contributed by atoms with Crippen LogP contribution < -0.4 is 10.1 Å². The van der Waals surface area contributed by atoms with E-state index in [0.717, 1.165) is 18.4 Å². The predicted molar refractivity (Wildman–Crippen MR) is 81.5 cm³/mol. The van der Waals surface area contributed by atoms with E-state index in [1.165, 1.54) is 0 Å². The first kappa shape index (κ1) is 18.6. The van der Waals surface area contributed by atoms with Crippen LogP contribution in [0, 0.1) is 6.92 Å². The second kappa shape index (κ2) is 8.88. The molecule has 0 aliphatic rings. The van der Waals surface area contributed by atoms with Crippen molar-refractivity contribution < 1.29 is 22.6 Å². The number of anilines is 1. The monoisotopic (exact) mass is 319 g/mol. The van der Waals surface area contributed by atoms with Crippen LogP contribution in [0.1, 0.15) is 31.7 Å². The highest BCUT2D eigenvalue weighted by atomic mass is 19.4. The highest BCUT2D eigenvalue weighted by Gasteiger charge is 2.32. The summed E-state index contributed by atoms with van der Waals surface area (Å²) in [5.74, 6) is 0.676. The molecule has 0 fully saturated rings. The molecule has 0 aromatic heterocycles. The van der Waals surface area contributed by atoms with Crippen molar-refractivity contribution in [1.29, 1.82) is 0 Å². The summed E-state index contributed by atoms with van der Waals surface area (Å²) in [6.45, 7) is 4.35. The maximum atomic E-state index is 12.7. The highest BCUT2D eigenvalue weighted by molar-refractivity contribution is 5.54. The van der Waals surface area contributed by atoms with Gasteiger partial charge in [-0.3, -0.25) is 0 Å². The number of hydrogen-bond donors (Lipinski definition) is 1. The van der Waals surface area contributed by atoms with Crippen LogP contribution in [0.5, 0.6) is 5.75 Å². The summed E-state index contributed by atoms with van der Waals surface area (Å²) in [6.07, 6.45) is -3.36. The van der Waals surface area contributed by atoms with E-state index in [1.807, 2.05) is 13.8 Å². The smallest absolute Gasteiger partial charge is 0.391 e. The molecule has 126 valence electrons. The highest BCUT2D eigenvalue weighted by Crippen LogP contribution is 2.26. The molecule has 0 saturated carbocycles. The van der Waals surface area contributed by atoms with Gasteiger partial charge in [-0.05, 0) is 37.1 Å². The number of rotatable bonds is 9. The Morgan fingerprint density at radius 1 is 1.27 bits per heavy atom. The minimum atomic E-state index is -4.23. The molecule has 6 heteroatoms. The first-order valence-corrected chi connectivity index (χ1v) is 7.41. The molecule has 0 aliphatic carbocycles. The van der Waals surface area contributed by atoms with Crippen molar-refractivity contribution in [3.63, 3.8) is 0 Å². The molecule has 1 rings (SSSR count). The fourth-order valence-electron chi connectivity index (χ4n) is 2.05. The van der Waals surface area contributed by atoms with Gasteiger partial charge in [0.2, 0.25) is 0 Å². The van der Waals surface area contributed by atoms with Crippen LogP contribution in [0.25, 0.3) is 0 Å². The molecule has 1 N–H and O–H groups in total. The Bertz CT molecular complexity index is 450. The molecule has 1 unspecified atom stereocenters. The van der Waals surface area contributed by atoms with Gasteiger partial charge in [-0.2, -0.15) is 13.2 Å². The van der Waals surface area contributed by atoms with Gasteiger partial charge in [-0.1, -0.05) is 13.3 Å². The molecule has 0 amide bonds. The topological polar surface area (TPSA) is 30.5 Å². The number of benzene rings is 1. The summed E-state index contributed by atoms with van der Waals surface area (Å²) in [6, 6.07) is 4.43. The molecule has 1 aromatic rings. The van der Waals surface area contributed by atoms with E-state index in [2.05, 4.69) is 5.32 Å². The minimum absolute atomic E-state index is 0.0327. The van der Waals surface area contributed by atoms with Gasteiger partial charge < -0.3 is 14.8 Å². The van der Waals surface area contributed by atoms with Crippen molar-refractivity contribution in [2.24, 2.45) is 0 Å². The summed E-state index contributed by atoms with van der Waals surface area (Å²) in [5.41, 5.74) is 1.49. The summed E-state index contributed by atoms with van der Waals surface area (Å²) in [5, 5.41) is 2.93. The number of methoxy groups -OCH3 is 1. The van der Waals surface area contributed by atoms with Crippen LogP contribution >= 0.6 is 0 Å². The van der Waals surface area contributed by atoms with Gasteiger partial charge in [0.15, 0.2) is 0 Å². The number of halogens is 3. The van der Waals surface area contributed by atoms with Crippen molar-refractivity contribution in [2.45, 2.75) is 45.3 Å². The van der Waals surface area contributed by atoms with E-state index < -0.39 is 18.6 Å². The van der Waals surface area contributed by atoms with Crippen LogP contribution in [0.4, 0.5) is 18.9 Å². The van der Waals surface area contributed by atoms with Gasteiger partial charge in [0, 0.05) is 12.3 Å². The van der Waals surface area contributed by atoms with Gasteiger partial charge in [-0.25, -0.2) is 0 Å². The van der Waals surface area contributed by atoms with Gasteiger partial charge in [0.05, 0.1) is 26.2 Å². The van der Waals surface area contributed by atoms with E-state index >= 15 is 0 Å². The van der Waals surface area contributed by atoms with Gasteiger partial charge in [0.25, 0.3) is 0 Å². The standard InChI is InChI=1S/C16H24F3NO2/c1-4-5-8-22-11-13(10-16(17,18)19)20-15-7-6-14(21-3)9-12(15)2/h6-7,9,13,20H,4-5,8,10-11H2,1-3H3. The summed E-state index contributed by atoms with van der Waals surface area (Å²) in [4.78, 5) is 0.